The quantitative estimate of drug-likeness (QED) is 0.352. The van der Waals surface area contributed by atoms with Crippen LogP contribution in [-0.2, 0) is 8.54 Å². The summed E-state index contributed by atoms with van der Waals surface area (Å²) in [6, 6.07) is 0. The minimum absolute atomic E-state index is 0. The monoisotopic (exact) mass is 170 g/mol. The van der Waals surface area contributed by atoms with Crippen molar-refractivity contribution >= 4 is 58.0 Å². The van der Waals surface area contributed by atoms with Gasteiger partial charge in [0, 0.05) is 6.26 Å². The first-order chi connectivity index (χ1) is 2.77. The summed E-state index contributed by atoms with van der Waals surface area (Å²) in [5, 5.41) is 0. The summed E-state index contributed by atoms with van der Waals surface area (Å²) in [5.41, 5.74) is 0. The molecule has 0 aliphatic carbocycles. The molecule has 1 unspecified atom stereocenters. The molecule has 0 amide bonds. The first-order valence-corrected chi connectivity index (χ1v) is 3.62. The van der Waals surface area contributed by atoms with Crippen LogP contribution in [0, 0.1) is 0 Å². The Morgan fingerprint density at radius 3 is 2.29 bits per heavy atom. The van der Waals surface area contributed by atoms with Crippen LogP contribution >= 0.6 is 20.3 Å². The Morgan fingerprint density at radius 2 is 2.29 bits per heavy atom. The van der Waals surface area contributed by atoms with Gasteiger partial charge in [0.15, 0.2) is 0 Å². The van der Waals surface area contributed by atoms with Crippen molar-refractivity contribution in [1.82, 2.24) is 0 Å². The molecule has 0 fully saturated rings. The standard InChI is InChI=1S/CH5O3PS.Ca.2H/c1-6-4-5(2)3;;;/h5H,1H3,(H,2,3);;;. The molecule has 7 heavy (non-hydrogen) atoms. The summed E-state index contributed by atoms with van der Waals surface area (Å²) in [5.74, 6) is 0. The van der Waals surface area contributed by atoms with Gasteiger partial charge >= 0.3 is 46.0 Å². The van der Waals surface area contributed by atoms with E-state index in [0.717, 1.165) is 12.0 Å². The molecule has 0 bridgehead atoms. The van der Waals surface area contributed by atoms with Crippen molar-refractivity contribution in [1.29, 1.82) is 0 Å². The summed E-state index contributed by atoms with van der Waals surface area (Å²) < 4.78 is 13.6. The second-order valence-electron chi connectivity index (χ2n) is 0.516. The van der Waals surface area contributed by atoms with Gasteiger partial charge in [-0.25, -0.2) is 3.97 Å². The zero-order valence-electron chi connectivity index (χ0n) is 3.17. The van der Waals surface area contributed by atoms with E-state index < -0.39 is 8.25 Å². The molecule has 0 saturated heterocycles. The molecule has 0 aliphatic heterocycles. The van der Waals surface area contributed by atoms with Crippen molar-refractivity contribution in [3.05, 3.63) is 0 Å². The summed E-state index contributed by atoms with van der Waals surface area (Å²) in [6.07, 6.45) is 1.58. The van der Waals surface area contributed by atoms with Crippen LogP contribution in [0.1, 0.15) is 0 Å². The van der Waals surface area contributed by atoms with E-state index in [-0.39, 0.29) is 37.7 Å². The van der Waals surface area contributed by atoms with E-state index in [0.29, 0.717) is 0 Å². The van der Waals surface area contributed by atoms with Crippen LogP contribution < -0.4 is 0 Å². The Kier molecular flexibility index (Phi) is 12.8. The molecule has 0 aromatic carbocycles. The van der Waals surface area contributed by atoms with E-state index in [1.807, 2.05) is 0 Å². The Balaban J connectivity index is 0. The van der Waals surface area contributed by atoms with Gasteiger partial charge in [0.2, 0.25) is 0 Å². The molecule has 0 aromatic rings. The van der Waals surface area contributed by atoms with E-state index in [1.165, 1.54) is 0 Å². The van der Waals surface area contributed by atoms with Crippen molar-refractivity contribution in [2.75, 3.05) is 6.26 Å². The Labute approximate surface area is 77.0 Å². The molecule has 0 spiro atoms. The second-order valence-corrected chi connectivity index (χ2v) is 2.05. The summed E-state index contributed by atoms with van der Waals surface area (Å²) in [4.78, 5) is 7.86. The first kappa shape index (κ1) is 11.5. The first-order valence-electron chi connectivity index (χ1n) is 1.21. The van der Waals surface area contributed by atoms with Gasteiger partial charge < -0.3 is 4.89 Å². The Bertz CT molecular complexity index is 58.9. The van der Waals surface area contributed by atoms with Crippen LogP contribution in [0.2, 0.25) is 0 Å². The molecule has 3 nitrogen and oxygen atoms in total. The molecule has 0 rings (SSSR count). The predicted molar refractivity (Wildman–Crippen MR) is 34.4 cm³/mol. The predicted octanol–water partition coefficient (Wildman–Crippen LogP) is -0.253. The fourth-order valence-electron chi connectivity index (χ4n) is 0.0713. The molecular formula is CH7CaO3PS. The molecule has 0 radical (unpaired) electrons. The maximum atomic E-state index is 9.54. The van der Waals surface area contributed by atoms with Gasteiger partial charge in [0.05, 0.1) is 0 Å². The van der Waals surface area contributed by atoms with Crippen molar-refractivity contribution < 1.29 is 13.4 Å². The van der Waals surface area contributed by atoms with Gasteiger partial charge in [-0.3, -0.25) is 4.57 Å². The van der Waals surface area contributed by atoms with Gasteiger partial charge in [0.25, 0.3) is 0 Å². The zero-order chi connectivity index (χ0) is 4.99. The SMILES string of the molecule is CSO[PH](=O)O.[CaH2]. The minimum atomic E-state index is -2.67. The fraction of sp³-hybridized carbons (Fsp3) is 1.00. The topological polar surface area (TPSA) is 46.5 Å². The van der Waals surface area contributed by atoms with Crippen LogP contribution in [0.3, 0.4) is 0 Å². The number of hydrogen-bond donors (Lipinski definition) is 1. The molecule has 1 atom stereocenters. The maximum absolute atomic E-state index is 9.54. The van der Waals surface area contributed by atoms with Crippen molar-refractivity contribution in [2.24, 2.45) is 0 Å². The third kappa shape index (κ3) is 11.4. The van der Waals surface area contributed by atoms with Crippen LogP contribution in [0.4, 0.5) is 0 Å². The zero-order valence-corrected chi connectivity index (χ0v) is 4.99. The van der Waals surface area contributed by atoms with Gasteiger partial charge in [-0.2, -0.15) is 0 Å². The molecule has 42 valence electrons. The third-order valence-electron chi connectivity index (χ3n) is 0.155. The van der Waals surface area contributed by atoms with E-state index in [9.17, 15) is 4.57 Å². The molecule has 0 heterocycles. The molecular weight excluding hydrogens is 163 g/mol. The van der Waals surface area contributed by atoms with Gasteiger partial charge in [-0.1, -0.05) is 0 Å². The normalized spacial score (nSPS) is 12.3. The molecule has 1 N–H and O–H groups in total. The van der Waals surface area contributed by atoms with Crippen molar-refractivity contribution in [2.45, 2.75) is 0 Å². The van der Waals surface area contributed by atoms with Gasteiger partial charge in [0.1, 0.15) is 0 Å². The van der Waals surface area contributed by atoms with E-state index in [4.69, 9.17) is 4.89 Å². The number of rotatable bonds is 2. The van der Waals surface area contributed by atoms with Crippen LogP contribution in [-0.4, -0.2) is 48.9 Å². The van der Waals surface area contributed by atoms with Crippen LogP contribution in [0.15, 0.2) is 0 Å². The van der Waals surface area contributed by atoms with Crippen LogP contribution in [0.5, 0.6) is 0 Å². The van der Waals surface area contributed by atoms with E-state index >= 15 is 0 Å². The van der Waals surface area contributed by atoms with Gasteiger partial charge in [-0.15, -0.1) is 0 Å². The van der Waals surface area contributed by atoms with E-state index in [1.54, 1.807) is 6.26 Å². The second kappa shape index (κ2) is 7.76. The van der Waals surface area contributed by atoms with Crippen molar-refractivity contribution in [3.63, 3.8) is 0 Å². The Morgan fingerprint density at radius 1 is 1.86 bits per heavy atom. The Hall–Kier alpha value is 1.76. The van der Waals surface area contributed by atoms with E-state index in [2.05, 4.69) is 3.97 Å². The average Bonchev–Trinajstić information content (AvgIpc) is 1.35. The molecule has 0 aliphatic rings. The molecule has 0 aromatic heterocycles. The van der Waals surface area contributed by atoms with Crippen LogP contribution in [0.25, 0.3) is 0 Å². The van der Waals surface area contributed by atoms with Crippen molar-refractivity contribution in [3.8, 4) is 0 Å². The molecule has 0 saturated carbocycles. The summed E-state index contributed by atoms with van der Waals surface area (Å²) >= 11 is 0.892. The fourth-order valence-corrected chi connectivity index (χ4v) is 0.642. The summed E-state index contributed by atoms with van der Waals surface area (Å²) in [7, 11) is -2.67. The summed E-state index contributed by atoms with van der Waals surface area (Å²) in [6.45, 7) is 0. The number of hydrogen-bond acceptors (Lipinski definition) is 3. The average molecular weight is 170 g/mol. The molecule has 6 heteroatoms. The van der Waals surface area contributed by atoms with Gasteiger partial charge in [-0.05, 0) is 12.0 Å². The third-order valence-corrected chi connectivity index (χ3v) is 1.39.